The molecule has 0 spiro atoms. The Hall–Kier alpha value is -0.845. The average Bonchev–Trinajstić information content (AvgIpc) is 2.12. The lowest BCUT2D eigenvalue weighted by Crippen LogP contribution is -2.47. The third kappa shape index (κ3) is 5.56. The molecule has 6 heteroatoms. The van der Waals surface area contributed by atoms with Crippen LogP contribution in [0.15, 0.2) is 12.7 Å². The van der Waals surface area contributed by atoms with Gasteiger partial charge in [-0.1, -0.05) is 18.9 Å². The summed E-state index contributed by atoms with van der Waals surface area (Å²) in [5, 5.41) is 26.1. The molecule has 0 amide bonds. The number of hydrogen-bond acceptors (Lipinski definition) is 4. The first-order chi connectivity index (χ1) is 6.92. The zero-order chi connectivity index (χ0) is 11.9. The van der Waals surface area contributed by atoms with E-state index in [1.807, 2.05) is 0 Å². The molecule has 0 aromatic carbocycles. The fraction of sp³-hybridized carbons (Fsp3) is 0.667. The van der Waals surface area contributed by atoms with Gasteiger partial charge >= 0.3 is 13.1 Å². The molecule has 0 heterocycles. The molecule has 0 aliphatic rings. The number of nitrogens with two attached hydrogens (primary N) is 1. The quantitative estimate of drug-likeness (QED) is 0.259. The second kappa shape index (κ2) is 6.60. The van der Waals surface area contributed by atoms with Crippen LogP contribution in [0, 0.1) is 0 Å². The molecular weight excluding hydrogens is 197 g/mol. The van der Waals surface area contributed by atoms with Gasteiger partial charge in [0, 0.05) is 0 Å². The molecule has 1 unspecified atom stereocenters. The molecule has 0 aliphatic carbocycles. The first-order valence-corrected chi connectivity index (χ1v) is 4.91. The van der Waals surface area contributed by atoms with Crippen LogP contribution in [0.3, 0.4) is 0 Å². The van der Waals surface area contributed by atoms with Crippen LogP contribution in [0.5, 0.6) is 0 Å². The van der Waals surface area contributed by atoms with Gasteiger partial charge in [-0.25, -0.2) is 0 Å². The van der Waals surface area contributed by atoms with E-state index >= 15 is 0 Å². The van der Waals surface area contributed by atoms with Crippen LogP contribution in [-0.2, 0) is 4.79 Å². The van der Waals surface area contributed by atoms with E-state index in [1.165, 1.54) is 6.08 Å². The van der Waals surface area contributed by atoms with Crippen molar-refractivity contribution < 1.29 is 19.9 Å². The fourth-order valence-electron chi connectivity index (χ4n) is 1.32. The number of rotatable bonds is 8. The van der Waals surface area contributed by atoms with Gasteiger partial charge in [0.15, 0.2) is 0 Å². The number of aliphatic carboxylic acids is 1. The molecule has 1 atom stereocenters. The molecular formula is C9H18BNO4. The lowest BCUT2D eigenvalue weighted by molar-refractivity contribution is -0.143. The van der Waals surface area contributed by atoms with E-state index in [0.29, 0.717) is 19.3 Å². The van der Waals surface area contributed by atoms with Crippen molar-refractivity contribution in [1.29, 1.82) is 0 Å². The molecule has 0 rings (SSSR count). The predicted octanol–water partition coefficient (Wildman–Crippen LogP) is -0.0123. The highest BCUT2D eigenvalue weighted by atomic mass is 16.4. The van der Waals surface area contributed by atoms with E-state index in [4.69, 9.17) is 20.9 Å². The van der Waals surface area contributed by atoms with E-state index in [1.54, 1.807) is 0 Å². The van der Waals surface area contributed by atoms with Crippen molar-refractivity contribution in [1.82, 2.24) is 0 Å². The summed E-state index contributed by atoms with van der Waals surface area (Å²) in [4.78, 5) is 10.9. The molecule has 15 heavy (non-hydrogen) atoms. The predicted molar refractivity (Wildman–Crippen MR) is 58.2 cm³/mol. The summed E-state index contributed by atoms with van der Waals surface area (Å²) in [5.41, 5.74) is 4.40. The Labute approximate surface area is 89.7 Å². The van der Waals surface area contributed by atoms with Crippen molar-refractivity contribution in [3.05, 3.63) is 12.7 Å². The van der Waals surface area contributed by atoms with Crippen LogP contribution < -0.4 is 5.73 Å². The Balaban J connectivity index is 3.97. The first kappa shape index (κ1) is 14.2. The highest BCUT2D eigenvalue weighted by molar-refractivity contribution is 6.40. The second-order valence-electron chi connectivity index (χ2n) is 3.68. The second-order valence-corrected chi connectivity index (χ2v) is 3.68. The summed E-state index contributed by atoms with van der Waals surface area (Å²) in [7, 11) is -1.33. The normalized spacial score (nSPS) is 14.3. The molecule has 0 fully saturated rings. The third-order valence-corrected chi connectivity index (χ3v) is 2.27. The van der Waals surface area contributed by atoms with Crippen molar-refractivity contribution in [2.24, 2.45) is 5.73 Å². The summed E-state index contributed by atoms with van der Waals surface area (Å²) >= 11 is 0. The van der Waals surface area contributed by atoms with E-state index in [9.17, 15) is 4.79 Å². The molecule has 0 aliphatic heterocycles. The molecule has 0 saturated heterocycles. The minimum Gasteiger partial charge on any atom is -0.480 e. The number of carboxylic acid groups (broad SMARTS) is 1. The SMILES string of the molecule is C=CCC(N)(CCCCB(O)O)C(=O)O. The summed E-state index contributed by atoms with van der Waals surface area (Å²) < 4.78 is 0. The maximum absolute atomic E-state index is 10.9. The van der Waals surface area contributed by atoms with Crippen molar-refractivity contribution in [2.45, 2.75) is 37.5 Å². The monoisotopic (exact) mass is 215 g/mol. The maximum Gasteiger partial charge on any atom is 0.451 e. The highest BCUT2D eigenvalue weighted by Gasteiger charge is 2.31. The van der Waals surface area contributed by atoms with Gasteiger partial charge in [-0.05, 0) is 19.2 Å². The Kier molecular flexibility index (Phi) is 6.23. The van der Waals surface area contributed by atoms with Gasteiger partial charge in [0.2, 0.25) is 0 Å². The van der Waals surface area contributed by atoms with E-state index < -0.39 is 18.6 Å². The molecule has 0 bridgehead atoms. The largest absolute Gasteiger partial charge is 0.480 e. The van der Waals surface area contributed by atoms with Gasteiger partial charge in [-0.3, -0.25) is 4.79 Å². The Morgan fingerprint density at radius 2 is 2.07 bits per heavy atom. The van der Waals surface area contributed by atoms with Gasteiger partial charge in [0.05, 0.1) is 0 Å². The van der Waals surface area contributed by atoms with E-state index in [-0.39, 0.29) is 12.7 Å². The van der Waals surface area contributed by atoms with Crippen LogP contribution in [-0.4, -0.2) is 33.8 Å². The van der Waals surface area contributed by atoms with Crippen molar-refractivity contribution in [2.75, 3.05) is 0 Å². The Morgan fingerprint density at radius 1 is 1.47 bits per heavy atom. The molecule has 0 radical (unpaired) electrons. The summed E-state index contributed by atoms with van der Waals surface area (Å²) in [6, 6.07) is 0. The fourth-order valence-corrected chi connectivity index (χ4v) is 1.32. The number of carboxylic acids is 1. The average molecular weight is 215 g/mol. The van der Waals surface area contributed by atoms with Crippen LogP contribution in [0.4, 0.5) is 0 Å². The summed E-state index contributed by atoms with van der Waals surface area (Å²) in [6.45, 7) is 3.46. The Bertz CT molecular complexity index is 222. The third-order valence-electron chi connectivity index (χ3n) is 2.27. The van der Waals surface area contributed by atoms with Gasteiger partial charge in [-0.15, -0.1) is 6.58 Å². The number of carbonyl (C=O) groups is 1. The standard InChI is InChI=1S/C9H18BNO4/c1-2-5-9(11,8(12)13)6-3-4-7-10(14)15/h2,14-15H,1,3-7,11H2,(H,12,13). The van der Waals surface area contributed by atoms with Crippen molar-refractivity contribution in [3.8, 4) is 0 Å². The lowest BCUT2D eigenvalue weighted by Gasteiger charge is -2.22. The van der Waals surface area contributed by atoms with Gasteiger partial charge < -0.3 is 20.9 Å². The first-order valence-electron chi connectivity index (χ1n) is 4.91. The number of hydrogen-bond donors (Lipinski definition) is 4. The zero-order valence-electron chi connectivity index (χ0n) is 8.72. The van der Waals surface area contributed by atoms with Crippen LogP contribution >= 0.6 is 0 Å². The molecule has 5 N–H and O–H groups in total. The zero-order valence-corrected chi connectivity index (χ0v) is 8.72. The smallest absolute Gasteiger partial charge is 0.451 e. The topological polar surface area (TPSA) is 104 Å². The maximum atomic E-state index is 10.9. The molecule has 5 nitrogen and oxygen atoms in total. The lowest BCUT2D eigenvalue weighted by atomic mass is 9.81. The molecule has 0 aromatic rings. The van der Waals surface area contributed by atoms with Gasteiger partial charge in [0.1, 0.15) is 5.54 Å². The minimum absolute atomic E-state index is 0.212. The van der Waals surface area contributed by atoms with Crippen LogP contribution in [0.2, 0.25) is 6.32 Å². The summed E-state index contributed by atoms with van der Waals surface area (Å²) in [5.74, 6) is -1.05. The van der Waals surface area contributed by atoms with E-state index in [2.05, 4.69) is 6.58 Å². The molecule has 86 valence electrons. The van der Waals surface area contributed by atoms with Gasteiger partial charge in [-0.2, -0.15) is 0 Å². The van der Waals surface area contributed by atoms with Gasteiger partial charge in [0.25, 0.3) is 0 Å². The molecule has 0 saturated carbocycles. The van der Waals surface area contributed by atoms with E-state index in [0.717, 1.165) is 0 Å². The van der Waals surface area contributed by atoms with Crippen molar-refractivity contribution >= 4 is 13.1 Å². The van der Waals surface area contributed by atoms with Crippen molar-refractivity contribution in [3.63, 3.8) is 0 Å². The Morgan fingerprint density at radius 3 is 2.47 bits per heavy atom. The van der Waals surface area contributed by atoms with Crippen LogP contribution in [0.25, 0.3) is 0 Å². The van der Waals surface area contributed by atoms with Crippen LogP contribution in [0.1, 0.15) is 25.7 Å². The minimum atomic E-state index is -1.33. The summed E-state index contributed by atoms with van der Waals surface area (Å²) in [6.07, 6.45) is 3.33. The number of unbranched alkanes of at least 4 members (excludes halogenated alkanes) is 1. The highest BCUT2D eigenvalue weighted by Crippen LogP contribution is 2.17. The molecule has 0 aromatic heterocycles.